The molecule has 0 radical (unpaired) electrons. The summed E-state index contributed by atoms with van der Waals surface area (Å²) >= 11 is 0. The van der Waals surface area contributed by atoms with Crippen molar-refractivity contribution in [1.82, 2.24) is 20.8 Å². The molecule has 1 aliphatic rings. The van der Waals surface area contributed by atoms with Gasteiger partial charge in [0.15, 0.2) is 0 Å². The molecule has 0 aromatic carbocycles. The average Bonchev–Trinajstić information content (AvgIpc) is 3.18. The van der Waals surface area contributed by atoms with E-state index < -0.39 is 0 Å². The van der Waals surface area contributed by atoms with Crippen LogP contribution in [0.15, 0.2) is 27.5 Å². The Morgan fingerprint density at radius 2 is 2.39 bits per heavy atom. The standard InChI is InChI=1S/C15H20N4O3.ClH/c1-10-8-16-6-4-12(10)17-13(20)2-3-14-18-15(19-22-14)11-5-7-21-9-11;/h5,7,9-10,12,16H,2-4,6,8H2,1H3,(H,17,20);1H. The van der Waals surface area contributed by atoms with E-state index in [2.05, 4.69) is 27.7 Å². The Labute approximate surface area is 140 Å². The highest BCUT2D eigenvalue weighted by Gasteiger charge is 2.22. The zero-order valence-electron chi connectivity index (χ0n) is 12.9. The monoisotopic (exact) mass is 340 g/mol. The van der Waals surface area contributed by atoms with E-state index in [4.69, 9.17) is 8.94 Å². The van der Waals surface area contributed by atoms with Crippen LogP contribution < -0.4 is 10.6 Å². The number of nitrogens with one attached hydrogen (secondary N) is 2. The van der Waals surface area contributed by atoms with Crippen LogP contribution in [0.3, 0.4) is 0 Å². The molecular weight excluding hydrogens is 320 g/mol. The first kappa shape index (κ1) is 17.5. The molecule has 7 nitrogen and oxygen atoms in total. The van der Waals surface area contributed by atoms with Gasteiger partial charge in [0.2, 0.25) is 17.6 Å². The minimum atomic E-state index is 0. The highest BCUT2D eigenvalue weighted by atomic mass is 35.5. The van der Waals surface area contributed by atoms with Crippen LogP contribution in [0.5, 0.6) is 0 Å². The van der Waals surface area contributed by atoms with Gasteiger partial charge in [-0.05, 0) is 31.5 Å². The van der Waals surface area contributed by atoms with Gasteiger partial charge < -0.3 is 19.6 Å². The van der Waals surface area contributed by atoms with Gasteiger partial charge in [0, 0.05) is 18.9 Å². The maximum absolute atomic E-state index is 12.0. The SMILES string of the molecule is CC1CNCCC1NC(=O)CCc1nc(-c2ccoc2)no1.Cl. The summed E-state index contributed by atoms with van der Waals surface area (Å²) < 4.78 is 10.1. The molecule has 23 heavy (non-hydrogen) atoms. The number of nitrogens with zero attached hydrogens (tertiary/aromatic N) is 2. The summed E-state index contributed by atoms with van der Waals surface area (Å²) in [5, 5.41) is 10.3. The van der Waals surface area contributed by atoms with E-state index >= 15 is 0 Å². The van der Waals surface area contributed by atoms with Crippen molar-refractivity contribution in [1.29, 1.82) is 0 Å². The van der Waals surface area contributed by atoms with E-state index in [9.17, 15) is 4.79 Å². The van der Waals surface area contributed by atoms with Crippen LogP contribution in [-0.4, -0.2) is 35.2 Å². The first-order chi connectivity index (χ1) is 10.7. The van der Waals surface area contributed by atoms with Crippen molar-refractivity contribution in [3.05, 3.63) is 24.5 Å². The number of aromatic nitrogens is 2. The summed E-state index contributed by atoms with van der Waals surface area (Å²) in [4.78, 5) is 16.3. The number of aryl methyl sites for hydroxylation is 1. The van der Waals surface area contributed by atoms with Crippen molar-refractivity contribution in [2.45, 2.75) is 32.2 Å². The van der Waals surface area contributed by atoms with E-state index in [1.807, 2.05) is 0 Å². The number of carbonyl (C=O) groups excluding carboxylic acids is 1. The number of halogens is 1. The molecule has 0 aliphatic carbocycles. The van der Waals surface area contributed by atoms with Crippen LogP contribution in [0.2, 0.25) is 0 Å². The number of hydrogen-bond donors (Lipinski definition) is 2. The van der Waals surface area contributed by atoms with Crippen molar-refractivity contribution in [3.63, 3.8) is 0 Å². The molecule has 0 bridgehead atoms. The highest BCUT2D eigenvalue weighted by Crippen LogP contribution is 2.16. The fourth-order valence-corrected chi connectivity index (χ4v) is 2.59. The van der Waals surface area contributed by atoms with E-state index in [0.717, 1.165) is 25.1 Å². The van der Waals surface area contributed by atoms with Crippen molar-refractivity contribution in [2.24, 2.45) is 5.92 Å². The van der Waals surface area contributed by atoms with E-state index in [-0.39, 0.29) is 24.4 Å². The van der Waals surface area contributed by atoms with E-state index in [1.165, 1.54) is 0 Å². The first-order valence-corrected chi connectivity index (χ1v) is 7.57. The lowest BCUT2D eigenvalue weighted by molar-refractivity contribution is -0.122. The molecule has 1 fully saturated rings. The number of amides is 1. The Bertz CT molecular complexity index is 614. The fourth-order valence-electron chi connectivity index (χ4n) is 2.59. The highest BCUT2D eigenvalue weighted by molar-refractivity contribution is 5.85. The smallest absolute Gasteiger partial charge is 0.227 e. The van der Waals surface area contributed by atoms with Gasteiger partial charge in [-0.15, -0.1) is 12.4 Å². The third-order valence-corrected chi connectivity index (χ3v) is 3.95. The summed E-state index contributed by atoms with van der Waals surface area (Å²) in [6, 6.07) is 2.01. The Morgan fingerprint density at radius 1 is 1.52 bits per heavy atom. The maximum Gasteiger partial charge on any atom is 0.227 e. The molecule has 126 valence electrons. The van der Waals surface area contributed by atoms with Crippen LogP contribution in [0, 0.1) is 5.92 Å². The summed E-state index contributed by atoms with van der Waals surface area (Å²) in [6.45, 7) is 4.04. The third kappa shape index (κ3) is 4.56. The van der Waals surface area contributed by atoms with Crippen molar-refractivity contribution in [2.75, 3.05) is 13.1 Å². The van der Waals surface area contributed by atoms with Crippen LogP contribution >= 0.6 is 12.4 Å². The Morgan fingerprint density at radius 3 is 3.13 bits per heavy atom. The summed E-state index contributed by atoms with van der Waals surface area (Å²) in [5.41, 5.74) is 0.767. The predicted molar refractivity (Wildman–Crippen MR) is 86.2 cm³/mol. The van der Waals surface area contributed by atoms with Crippen LogP contribution in [0.25, 0.3) is 11.4 Å². The Balaban J connectivity index is 0.00000192. The molecule has 2 unspecified atom stereocenters. The minimum absolute atomic E-state index is 0. The second-order valence-corrected chi connectivity index (χ2v) is 5.67. The topological polar surface area (TPSA) is 93.2 Å². The van der Waals surface area contributed by atoms with Crippen molar-refractivity contribution < 1.29 is 13.7 Å². The molecule has 1 aliphatic heterocycles. The third-order valence-electron chi connectivity index (χ3n) is 3.95. The first-order valence-electron chi connectivity index (χ1n) is 7.57. The van der Waals surface area contributed by atoms with E-state index in [1.54, 1.807) is 18.6 Å². The van der Waals surface area contributed by atoms with Gasteiger partial charge in [-0.3, -0.25) is 4.79 Å². The lowest BCUT2D eigenvalue weighted by Gasteiger charge is -2.30. The molecule has 2 atom stereocenters. The molecule has 2 aromatic rings. The van der Waals surface area contributed by atoms with Crippen molar-refractivity contribution >= 4 is 18.3 Å². The van der Waals surface area contributed by atoms with Crippen LogP contribution in [-0.2, 0) is 11.2 Å². The molecule has 0 spiro atoms. The van der Waals surface area contributed by atoms with Crippen LogP contribution in [0.4, 0.5) is 0 Å². The number of piperidine rings is 1. The van der Waals surface area contributed by atoms with Gasteiger partial charge in [-0.2, -0.15) is 4.98 Å². The lowest BCUT2D eigenvalue weighted by atomic mass is 9.95. The fraction of sp³-hybridized carbons (Fsp3) is 0.533. The van der Waals surface area contributed by atoms with Gasteiger partial charge >= 0.3 is 0 Å². The molecule has 1 amide bonds. The second-order valence-electron chi connectivity index (χ2n) is 5.67. The molecule has 2 aromatic heterocycles. The number of furan rings is 1. The molecular formula is C15H21ClN4O3. The maximum atomic E-state index is 12.0. The molecule has 1 saturated heterocycles. The van der Waals surface area contributed by atoms with E-state index in [0.29, 0.717) is 30.5 Å². The summed E-state index contributed by atoms with van der Waals surface area (Å²) in [6.07, 6.45) is 4.87. The second kappa shape index (κ2) is 8.12. The molecule has 8 heteroatoms. The molecule has 2 N–H and O–H groups in total. The minimum Gasteiger partial charge on any atom is -0.472 e. The zero-order chi connectivity index (χ0) is 15.4. The van der Waals surface area contributed by atoms with Gasteiger partial charge in [0.05, 0.1) is 11.8 Å². The largest absolute Gasteiger partial charge is 0.472 e. The normalized spacial score (nSPS) is 20.7. The summed E-state index contributed by atoms with van der Waals surface area (Å²) in [5.74, 6) is 1.43. The lowest BCUT2D eigenvalue weighted by Crippen LogP contribution is -2.48. The van der Waals surface area contributed by atoms with Gasteiger partial charge in [0.25, 0.3) is 0 Å². The molecule has 0 saturated carbocycles. The number of carbonyl (C=O) groups is 1. The molecule has 3 heterocycles. The number of hydrogen-bond acceptors (Lipinski definition) is 6. The average molecular weight is 341 g/mol. The molecule has 3 rings (SSSR count). The van der Waals surface area contributed by atoms with Gasteiger partial charge in [-0.1, -0.05) is 12.1 Å². The quantitative estimate of drug-likeness (QED) is 0.862. The number of rotatable bonds is 5. The van der Waals surface area contributed by atoms with Gasteiger partial charge in [0.1, 0.15) is 6.26 Å². The Hall–Kier alpha value is -1.86. The summed E-state index contributed by atoms with van der Waals surface area (Å²) in [7, 11) is 0. The van der Waals surface area contributed by atoms with Crippen molar-refractivity contribution in [3.8, 4) is 11.4 Å². The predicted octanol–water partition coefficient (Wildman–Crippen LogP) is 1.80. The zero-order valence-corrected chi connectivity index (χ0v) is 13.8. The van der Waals surface area contributed by atoms with Crippen LogP contribution in [0.1, 0.15) is 25.7 Å². The Kier molecular flexibility index (Phi) is 6.18. The van der Waals surface area contributed by atoms with Gasteiger partial charge in [-0.25, -0.2) is 0 Å².